The molecule has 7 nitrogen and oxygen atoms in total. The molecular formula is C31H48Cl3FN4O3. The molecule has 2 aliphatic carbocycles. The van der Waals surface area contributed by atoms with Crippen molar-refractivity contribution in [2.24, 2.45) is 11.8 Å². The van der Waals surface area contributed by atoms with Gasteiger partial charge >= 0.3 is 5.97 Å². The van der Waals surface area contributed by atoms with Crippen LogP contribution in [0.5, 0.6) is 5.88 Å². The van der Waals surface area contributed by atoms with E-state index >= 15 is 0 Å². The molecule has 2 heterocycles. The van der Waals surface area contributed by atoms with Crippen LogP contribution in [0.1, 0.15) is 75.6 Å². The smallest absolute Gasteiger partial charge is 0.321 e. The van der Waals surface area contributed by atoms with Crippen molar-refractivity contribution in [1.29, 1.82) is 0 Å². The SMILES string of the molecule is CCn1nc(OC)c2c1C1(CC2)CCN(C[C@H]2C[C@H](N(C)[C@@H](C(=O)O)C(C)C)C[C@@H]2c2cccc(F)c2)CC1.Cl.Cl.Cl. The second-order valence-electron chi connectivity index (χ2n) is 12.5. The molecule has 11 heteroatoms. The highest BCUT2D eigenvalue weighted by atomic mass is 35.5. The minimum atomic E-state index is -0.765. The number of aromatic nitrogens is 2. The Morgan fingerprint density at radius 2 is 1.88 bits per heavy atom. The van der Waals surface area contributed by atoms with Gasteiger partial charge in [0.2, 0.25) is 5.88 Å². The molecular weight excluding hydrogens is 602 g/mol. The Kier molecular flexibility index (Phi) is 13.0. The van der Waals surface area contributed by atoms with Gasteiger partial charge in [0.15, 0.2) is 0 Å². The van der Waals surface area contributed by atoms with E-state index in [2.05, 4.69) is 21.4 Å². The first kappa shape index (κ1) is 36.6. The Bertz CT molecular complexity index is 1190. The second-order valence-corrected chi connectivity index (χ2v) is 12.5. The fourth-order valence-corrected chi connectivity index (χ4v) is 8.09. The molecule has 0 bridgehead atoms. The number of fused-ring (bicyclic) bond motifs is 2. The first-order valence-electron chi connectivity index (χ1n) is 14.7. The lowest BCUT2D eigenvalue weighted by atomic mass is 9.75. The van der Waals surface area contributed by atoms with E-state index in [1.807, 2.05) is 27.0 Å². The first-order valence-corrected chi connectivity index (χ1v) is 14.7. The molecule has 0 unspecified atom stereocenters. The summed E-state index contributed by atoms with van der Waals surface area (Å²) in [4.78, 5) is 16.8. The van der Waals surface area contributed by atoms with Gasteiger partial charge in [-0.3, -0.25) is 14.4 Å². The molecule has 1 spiro atoms. The lowest BCUT2D eigenvalue weighted by Crippen LogP contribution is -2.47. The summed E-state index contributed by atoms with van der Waals surface area (Å²) in [5.41, 5.74) is 3.92. The number of likely N-dealkylation sites (N-methyl/N-ethyl adjacent to an activating group) is 1. The summed E-state index contributed by atoms with van der Waals surface area (Å²) in [5, 5.41) is 14.7. The van der Waals surface area contributed by atoms with Crippen LogP contribution in [0, 0.1) is 17.7 Å². The quantitative estimate of drug-likeness (QED) is 0.349. The monoisotopic (exact) mass is 648 g/mol. The largest absolute Gasteiger partial charge is 0.480 e. The summed E-state index contributed by atoms with van der Waals surface area (Å²) in [7, 11) is 3.68. The van der Waals surface area contributed by atoms with Crippen LogP contribution in [0.4, 0.5) is 4.39 Å². The molecule has 3 aliphatic rings. The second kappa shape index (κ2) is 14.9. The van der Waals surface area contributed by atoms with E-state index in [0.717, 1.165) is 69.7 Å². The zero-order valence-corrected chi connectivity index (χ0v) is 27.9. The van der Waals surface area contributed by atoms with Crippen molar-refractivity contribution in [3.05, 3.63) is 46.9 Å². The van der Waals surface area contributed by atoms with E-state index in [-0.39, 0.29) is 66.3 Å². The molecule has 1 N–H and O–H groups in total. The number of benzene rings is 1. The summed E-state index contributed by atoms with van der Waals surface area (Å²) >= 11 is 0. The van der Waals surface area contributed by atoms with Crippen molar-refractivity contribution < 1.29 is 19.0 Å². The molecule has 2 fully saturated rings. The normalized spacial score (nSPS) is 23.7. The number of aryl methyl sites for hydroxylation is 1. The lowest BCUT2D eigenvalue weighted by Gasteiger charge is -2.41. The number of halogens is 4. The van der Waals surface area contributed by atoms with Gasteiger partial charge in [0.05, 0.1) is 12.8 Å². The average Bonchev–Trinajstić information content (AvgIpc) is 3.59. The first-order chi connectivity index (χ1) is 18.7. The number of carboxylic acid groups (broad SMARTS) is 1. The number of nitrogens with zero attached hydrogens (tertiary/aromatic N) is 4. The van der Waals surface area contributed by atoms with E-state index in [1.54, 1.807) is 19.2 Å². The van der Waals surface area contributed by atoms with Crippen LogP contribution < -0.4 is 4.74 Å². The van der Waals surface area contributed by atoms with Crippen molar-refractivity contribution in [3.8, 4) is 5.88 Å². The van der Waals surface area contributed by atoms with Gasteiger partial charge in [0.25, 0.3) is 0 Å². The van der Waals surface area contributed by atoms with E-state index in [4.69, 9.17) is 9.84 Å². The Hall–Kier alpha value is -1.58. The zero-order chi connectivity index (χ0) is 27.9. The Morgan fingerprint density at radius 3 is 2.45 bits per heavy atom. The fourth-order valence-electron chi connectivity index (χ4n) is 8.09. The molecule has 1 saturated carbocycles. The molecule has 238 valence electrons. The predicted octanol–water partition coefficient (Wildman–Crippen LogP) is 6.20. The standard InChI is InChI=1S/C31H45FN4O3.3ClH/c1-6-36-28-25(29(33-36)39-5)10-11-31(28)12-14-35(15-13-31)19-22-17-24(34(4)27(20(2)3)30(37)38)18-26(22)21-8-7-9-23(32)16-21;;;/h7-9,16,20,22,24,26-27H,6,10-15,17-19H2,1-5H3,(H,37,38);3*1H/t22-,24+,26-,27-;;;/m1.../s1. The number of aliphatic carboxylic acids is 1. The number of hydrogen-bond acceptors (Lipinski definition) is 5. The Balaban J connectivity index is 0.00000205. The molecule has 42 heavy (non-hydrogen) atoms. The fraction of sp³-hybridized carbons (Fsp3) is 0.677. The van der Waals surface area contributed by atoms with Gasteiger partial charge in [0.1, 0.15) is 11.9 Å². The molecule has 1 saturated heterocycles. The number of methoxy groups -OCH3 is 1. The maximum atomic E-state index is 14.3. The van der Waals surface area contributed by atoms with Crippen LogP contribution in [0.2, 0.25) is 0 Å². The minimum Gasteiger partial charge on any atom is -0.480 e. The van der Waals surface area contributed by atoms with Crippen LogP contribution in [0.25, 0.3) is 0 Å². The van der Waals surface area contributed by atoms with Gasteiger partial charge in [-0.2, -0.15) is 0 Å². The van der Waals surface area contributed by atoms with Crippen molar-refractivity contribution in [2.45, 2.75) is 89.3 Å². The number of rotatable bonds is 9. The summed E-state index contributed by atoms with van der Waals surface area (Å²) in [6, 6.07) is 6.68. The molecule has 0 amide bonds. The third-order valence-corrected chi connectivity index (χ3v) is 10.0. The van der Waals surface area contributed by atoms with Crippen LogP contribution >= 0.6 is 37.2 Å². The van der Waals surface area contributed by atoms with Crippen LogP contribution in [0.15, 0.2) is 24.3 Å². The molecule has 1 aromatic carbocycles. The van der Waals surface area contributed by atoms with Gasteiger partial charge in [0, 0.05) is 30.1 Å². The number of carboxylic acids is 1. The number of piperidine rings is 1. The Labute approximate surface area is 268 Å². The molecule has 2 aromatic rings. The topological polar surface area (TPSA) is 70.8 Å². The summed E-state index contributed by atoms with van der Waals surface area (Å²) in [6.45, 7) is 10.00. The third kappa shape index (κ3) is 6.88. The van der Waals surface area contributed by atoms with Crippen molar-refractivity contribution >= 4 is 43.2 Å². The molecule has 5 rings (SSSR count). The van der Waals surface area contributed by atoms with E-state index in [0.29, 0.717) is 5.92 Å². The molecule has 0 radical (unpaired) electrons. The van der Waals surface area contributed by atoms with Gasteiger partial charge in [-0.25, -0.2) is 4.39 Å². The highest BCUT2D eigenvalue weighted by Gasteiger charge is 2.47. The van der Waals surface area contributed by atoms with Crippen LogP contribution in [-0.2, 0) is 23.2 Å². The van der Waals surface area contributed by atoms with Gasteiger partial charge < -0.3 is 14.7 Å². The van der Waals surface area contributed by atoms with E-state index in [1.165, 1.54) is 23.7 Å². The summed E-state index contributed by atoms with van der Waals surface area (Å²) < 4.78 is 22.0. The summed E-state index contributed by atoms with van der Waals surface area (Å²) in [5.74, 6) is 0.423. The minimum absolute atomic E-state index is 0. The van der Waals surface area contributed by atoms with Crippen molar-refractivity contribution in [3.63, 3.8) is 0 Å². The van der Waals surface area contributed by atoms with Crippen molar-refractivity contribution in [2.75, 3.05) is 33.8 Å². The zero-order valence-electron chi connectivity index (χ0n) is 25.4. The van der Waals surface area contributed by atoms with Crippen molar-refractivity contribution in [1.82, 2.24) is 19.6 Å². The maximum Gasteiger partial charge on any atom is 0.321 e. The third-order valence-electron chi connectivity index (χ3n) is 10.0. The number of ether oxygens (including phenoxy) is 1. The highest BCUT2D eigenvalue weighted by Crippen LogP contribution is 2.50. The highest BCUT2D eigenvalue weighted by molar-refractivity contribution is 5.86. The molecule has 1 aliphatic heterocycles. The van der Waals surface area contributed by atoms with Crippen LogP contribution in [-0.4, -0.2) is 76.5 Å². The van der Waals surface area contributed by atoms with Gasteiger partial charge in [-0.1, -0.05) is 26.0 Å². The number of likely N-dealkylation sites (tertiary alicyclic amines) is 1. The lowest BCUT2D eigenvalue weighted by molar-refractivity contribution is -0.145. The maximum absolute atomic E-state index is 14.3. The van der Waals surface area contributed by atoms with Gasteiger partial charge in [-0.05, 0) is 101 Å². The summed E-state index contributed by atoms with van der Waals surface area (Å²) in [6.07, 6.45) is 6.22. The van der Waals surface area contributed by atoms with Gasteiger partial charge in [-0.15, -0.1) is 42.3 Å². The molecule has 4 atom stereocenters. The Morgan fingerprint density at radius 1 is 1.19 bits per heavy atom. The number of hydrogen-bond donors (Lipinski definition) is 1. The predicted molar refractivity (Wildman–Crippen MR) is 172 cm³/mol. The number of carbonyl (C=O) groups is 1. The van der Waals surface area contributed by atoms with Crippen LogP contribution in [0.3, 0.4) is 0 Å². The van der Waals surface area contributed by atoms with E-state index < -0.39 is 12.0 Å². The average molecular weight is 650 g/mol. The van der Waals surface area contributed by atoms with E-state index in [9.17, 15) is 14.3 Å². The molecule has 1 aromatic heterocycles.